The van der Waals surface area contributed by atoms with E-state index in [2.05, 4.69) is 69.6 Å². The third kappa shape index (κ3) is 6.74. The molecule has 8 nitrogen and oxygen atoms in total. The first-order chi connectivity index (χ1) is 16.2. The number of carboxylic acid groups (broad SMARTS) is 1. The molecular formula is C25H30N4O4. The van der Waals surface area contributed by atoms with Gasteiger partial charge >= 0.3 is 6.01 Å². The zero-order valence-electron chi connectivity index (χ0n) is 19.0. The lowest BCUT2D eigenvalue weighted by Gasteiger charge is -2.27. The fourth-order valence-electron chi connectivity index (χ4n) is 3.75. The second-order valence-electron chi connectivity index (χ2n) is 7.56. The quantitative estimate of drug-likeness (QED) is 0.530. The van der Waals surface area contributed by atoms with E-state index >= 15 is 0 Å². The first-order valence-corrected chi connectivity index (χ1v) is 10.8. The Morgan fingerprint density at radius 2 is 1.82 bits per heavy atom. The topological polar surface area (TPSA) is 96.8 Å². The maximum atomic E-state index is 8.36. The van der Waals surface area contributed by atoms with Gasteiger partial charge in [0, 0.05) is 44.5 Å². The van der Waals surface area contributed by atoms with Gasteiger partial charge in [-0.25, -0.2) is 4.98 Å². The van der Waals surface area contributed by atoms with E-state index in [4.69, 9.17) is 19.4 Å². The fraction of sp³-hybridized carbons (Fsp3) is 0.320. The molecule has 0 radical (unpaired) electrons. The minimum Gasteiger partial charge on any atom is -0.483 e. The van der Waals surface area contributed by atoms with Crippen LogP contribution in [0.4, 0.5) is 0 Å². The second-order valence-corrected chi connectivity index (χ2v) is 7.56. The number of nitrogens with zero attached hydrogens (tertiary/aromatic N) is 3. The molecule has 0 saturated carbocycles. The van der Waals surface area contributed by atoms with E-state index in [0.717, 1.165) is 43.9 Å². The zero-order valence-corrected chi connectivity index (χ0v) is 19.0. The Hall–Kier alpha value is -3.49. The molecule has 0 unspecified atom stereocenters. The molecule has 0 atom stereocenters. The number of hydrogen-bond donors (Lipinski definition) is 2. The number of hydrogen-bond acceptors (Lipinski definition) is 7. The highest BCUT2D eigenvalue weighted by molar-refractivity contribution is 5.68. The summed E-state index contributed by atoms with van der Waals surface area (Å²) in [4.78, 5) is 19.6. The third-order valence-electron chi connectivity index (χ3n) is 5.49. The summed E-state index contributed by atoms with van der Waals surface area (Å²) >= 11 is 0. The molecule has 0 amide bonds. The molecule has 1 saturated heterocycles. The van der Waals surface area contributed by atoms with Crippen molar-refractivity contribution in [1.82, 2.24) is 20.2 Å². The number of piperazine rings is 1. The Morgan fingerprint density at radius 3 is 2.52 bits per heavy atom. The van der Waals surface area contributed by atoms with Crippen molar-refractivity contribution in [2.75, 3.05) is 33.3 Å². The molecule has 1 aromatic heterocycles. The molecule has 3 aromatic rings. The van der Waals surface area contributed by atoms with Crippen LogP contribution in [0.5, 0.6) is 11.9 Å². The molecule has 0 aliphatic carbocycles. The lowest BCUT2D eigenvalue weighted by Crippen LogP contribution is -2.42. The number of aromatic nitrogens is 2. The molecule has 2 N–H and O–H groups in total. The van der Waals surface area contributed by atoms with Gasteiger partial charge in [0.2, 0.25) is 5.88 Å². The molecule has 0 bridgehead atoms. The predicted molar refractivity (Wildman–Crippen MR) is 126 cm³/mol. The van der Waals surface area contributed by atoms with Gasteiger partial charge in [-0.3, -0.25) is 9.69 Å². The minimum atomic E-state index is -0.250. The molecule has 2 heterocycles. The van der Waals surface area contributed by atoms with Gasteiger partial charge in [-0.2, -0.15) is 4.98 Å². The molecule has 1 aliphatic rings. The average molecular weight is 451 g/mol. The van der Waals surface area contributed by atoms with Gasteiger partial charge in [-0.15, -0.1) is 0 Å². The molecule has 2 aromatic carbocycles. The summed E-state index contributed by atoms with van der Waals surface area (Å²) in [5, 5.41) is 10.3. The molecule has 4 rings (SSSR count). The van der Waals surface area contributed by atoms with Crippen molar-refractivity contribution in [3.05, 3.63) is 71.4 Å². The van der Waals surface area contributed by atoms with Crippen molar-refractivity contribution in [2.24, 2.45) is 0 Å². The number of rotatable bonds is 7. The maximum absolute atomic E-state index is 8.36. The average Bonchev–Trinajstić information content (AvgIpc) is 2.86. The summed E-state index contributed by atoms with van der Waals surface area (Å²) in [5.41, 5.74) is 5.71. The Morgan fingerprint density at radius 1 is 1.09 bits per heavy atom. The minimum absolute atomic E-state index is 0.250. The Balaban J connectivity index is 0.000000968. The standard InChI is InChI=1S/C24H28N4O2.CH2O2/c1-18-20(9-6-10-22(18)19-7-4-3-5-8-19)17-30-24-26-15-21(23(27-24)29-2)16-28-13-11-25-12-14-28;2-1-3/h3-10,15,25H,11-14,16-17H2,1-2H3;1H,(H,2,3). The van der Waals surface area contributed by atoms with E-state index in [9.17, 15) is 0 Å². The van der Waals surface area contributed by atoms with Gasteiger partial charge in [0.25, 0.3) is 6.47 Å². The molecule has 1 fully saturated rings. The van der Waals surface area contributed by atoms with E-state index in [1.54, 1.807) is 7.11 Å². The van der Waals surface area contributed by atoms with Crippen molar-refractivity contribution in [1.29, 1.82) is 0 Å². The molecular weight excluding hydrogens is 420 g/mol. The highest BCUT2D eigenvalue weighted by Crippen LogP contribution is 2.26. The first-order valence-electron chi connectivity index (χ1n) is 10.8. The van der Waals surface area contributed by atoms with Crippen LogP contribution < -0.4 is 14.8 Å². The fourth-order valence-corrected chi connectivity index (χ4v) is 3.75. The smallest absolute Gasteiger partial charge is 0.320 e. The van der Waals surface area contributed by atoms with E-state index < -0.39 is 0 Å². The van der Waals surface area contributed by atoms with Gasteiger partial charge in [-0.1, -0.05) is 48.5 Å². The van der Waals surface area contributed by atoms with E-state index in [-0.39, 0.29) is 6.47 Å². The Kier molecular flexibility index (Phi) is 9.17. The monoisotopic (exact) mass is 450 g/mol. The third-order valence-corrected chi connectivity index (χ3v) is 5.49. The summed E-state index contributed by atoms with van der Waals surface area (Å²) in [5.74, 6) is 0.577. The van der Waals surface area contributed by atoms with Crippen molar-refractivity contribution < 1.29 is 19.4 Å². The molecule has 8 heteroatoms. The van der Waals surface area contributed by atoms with Crippen molar-refractivity contribution in [3.63, 3.8) is 0 Å². The largest absolute Gasteiger partial charge is 0.483 e. The normalized spacial score (nSPS) is 13.5. The van der Waals surface area contributed by atoms with Crippen LogP contribution >= 0.6 is 0 Å². The van der Waals surface area contributed by atoms with E-state index in [1.165, 1.54) is 16.7 Å². The van der Waals surface area contributed by atoms with Crippen LogP contribution in [0.1, 0.15) is 16.7 Å². The highest BCUT2D eigenvalue weighted by atomic mass is 16.5. The summed E-state index contributed by atoms with van der Waals surface area (Å²) in [6, 6.07) is 17.0. The number of nitrogens with one attached hydrogen (secondary N) is 1. The van der Waals surface area contributed by atoms with Gasteiger partial charge < -0.3 is 19.9 Å². The van der Waals surface area contributed by atoms with Crippen LogP contribution in [0.15, 0.2) is 54.7 Å². The van der Waals surface area contributed by atoms with Crippen molar-refractivity contribution >= 4 is 6.47 Å². The van der Waals surface area contributed by atoms with E-state index in [0.29, 0.717) is 18.5 Å². The Labute approximate surface area is 194 Å². The van der Waals surface area contributed by atoms with Crippen LogP contribution in [0.25, 0.3) is 11.1 Å². The first kappa shape index (κ1) is 24.2. The second kappa shape index (κ2) is 12.5. The highest BCUT2D eigenvalue weighted by Gasteiger charge is 2.15. The molecule has 33 heavy (non-hydrogen) atoms. The molecule has 1 aliphatic heterocycles. The van der Waals surface area contributed by atoms with Gasteiger partial charge in [-0.05, 0) is 29.2 Å². The van der Waals surface area contributed by atoms with Crippen LogP contribution in [-0.4, -0.2) is 59.7 Å². The van der Waals surface area contributed by atoms with Crippen LogP contribution in [0.2, 0.25) is 0 Å². The van der Waals surface area contributed by atoms with Crippen LogP contribution in [-0.2, 0) is 17.9 Å². The lowest BCUT2D eigenvalue weighted by molar-refractivity contribution is -0.122. The summed E-state index contributed by atoms with van der Waals surface area (Å²) in [7, 11) is 1.64. The molecule has 174 valence electrons. The number of benzene rings is 2. The van der Waals surface area contributed by atoms with Crippen LogP contribution in [0.3, 0.4) is 0 Å². The molecule has 0 spiro atoms. The number of ether oxygens (including phenoxy) is 2. The number of carbonyl (C=O) groups is 1. The van der Waals surface area contributed by atoms with Crippen LogP contribution in [0, 0.1) is 6.92 Å². The summed E-state index contributed by atoms with van der Waals surface area (Å²) < 4.78 is 11.4. The summed E-state index contributed by atoms with van der Waals surface area (Å²) in [6.07, 6.45) is 1.82. The zero-order chi connectivity index (χ0) is 23.5. The van der Waals surface area contributed by atoms with Crippen molar-refractivity contribution in [2.45, 2.75) is 20.1 Å². The lowest BCUT2D eigenvalue weighted by atomic mass is 9.97. The van der Waals surface area contributed by atoms with Gasteiger partial charge in [0.1, 0.15) is 6.61 Å². The van der Waals surface area contributed by atoms with E-state index in [1.807, 2.05) is 12.3 Å². The van der Waals surface area contributed by atoms with Gasteiger partial charge in [0.15, 0.2) is 0 Å². The number of methoxy groups -OCH3 is 1. The summed E-state index contributed by atoms with van der Waals surface area (Å²) in [6.45, 7) is 7.10. The van der Waals surface area contributed by atoms with Gasteiger partial charge in [0.05, 0.1) is 7.11 Å². The van der Waals surface area contributed by atoms with Crippen molar-refractivity contribution in [3.8, 4) is 23.0 Å². The SMILES string of the molecule is COc1nc(OCc2cccc(-c3ccccc3)c2C)ncc1CN1CCNCC1.O=CO. The Bertz CT molecular complexity index is 1020. The predicted octanol–water partition coefficient (Wildman–Crippen LogP) is 3.15. The maximum Gasteiger partial charge on any atom is 0.320 e.